The molecule has 0 fully saturated rings. The van der Waals surface area contributed by atoms with Gasteiger partial charge in [-0.05, 0) is 17.5 Å². The molecule has 1 aromatic rings. The highest BCUT2D eigenvalue weighted by Gasteiger charge is 2.36. The molecule has 1 heterocycles. The summed E-state index contributed by atoms with van der Waals surface area (Å²) in [6, 6.07) is 7.19. The van der Waals surface area contributed by atoms with Crippen LogP contribution in [-0.2, 0) is 26.0 Å². The van der Waals surface area contributed by atoms with Gasteiger partial charge in [-0.1, -0.05) is 24.3 Å². The molecule has 1 amide bonds. The minimum Gasteiger partial charge on any atom is -0.373 e. The van der Waals surface area contributed by atoms with Gasteiger partial charge in [0.15, 0.2) is 5.75 Å². The molecule has 0 unspecified atom stereocenters. The van der Waals surface area contributed by atoms with Crippen LogP contribution >= 0.6 is 0 Å². The van der Waals surface area contributed by atoms with Crippen molar-refractivity contribution in [1.82, 2.24) is 4.72 Å². The molecule has 0 spiro atoms. The second-order valence-corrected chi connectivity index (χ2v) is 6.63. The summed E-state index contributed by atoms with van der Waals surface area (Å²) in [6.07, 6.45) is -5.25. The fourth-order valence-electron chi connectivity index (χ4n) is 2.28. The average Bonchev–Trinajstić information content (AvgIpc) is 2.35. The van der Waals surface area contributed by atoms with Gasteiger partial charge in [-0.15, -0.1) is 0 Å². The van der Waals surface area contributed by atoms with E-state index in [1.807, 2.05) is 12.1 Å². The number of ether oxygens (including phenoxy) is 1. The van der Waals surface area contributed by atoms with Crippen LogP contribution in [0.4, 0.5) is 13.2 Å². The van der Waals surface area contributed by atoms with Crippen LogP contribution in [0.3, 0.4) is 0 Å². The van der Waals surface area contributed by atoms with E-state index in [4.69, 9.17) is 4.74 Å². The van der Waals surface area contributed by atoms with Gasteiger partial charge in [-0.2, -0.15) is 13.2 Å². The predicted molar refractivity (Wildman–Crippen MR) is 71.4 cm³/mol. The second-order valence-electron chi connectivity index (χ2n) is 4.91. The summed E-state index contributed by atoms with van der Waals surface area (Å²) >= 11 is 0. The Morgan fingerprint density at radius 1 is 1.32 bits per heavy atom. The summed E-state index contributed by atoms with van der Waals surface area (Å²) in [5, 5.41) is 0. The Bertz CT molecular complexity index is 657. The van der Waals surface area contributed by atoms with E-state index in [9.17, 15) is 26.4 Å². The molecule has 1 atom stereocenters. The van der Waals surface area contributed by atoms with E-state index >= 15 is 0 Å². The number of amides is 1. The van der Waals surface area contributed by atoms with Crippen molar-refractivity contribution in [3.63, 3.8) is 0 Å². The van der Waals surface area contributed by atoms with Crippen molar-refractivity contribution in [3.05, 3.63) is 35.4 Å². The zero-order valence-electron chi connectivity index (χ0n) is 11.4. The van der Waals surface area contributed by atoms with E-state index in [0.717, 1.165) is 11.1 Å². The lowest BCUT2D eigenvalue weighted by molar-refractivity contribution is -0.122. The molecule has 22 heavy (non-hydrogen) atoms. The van der Waals surface area contributed by atoms with E-state index in [0.29, 0.717) is 13.0 Å². The van der Waals surface area contributed by atoms with E-state index in [1.165, 1.54) is 4.72 Å². The largest absolute Gasteiger partial charge is 0.404 e. The highest BCUT2D eigenvalue weighted by molar-refractivity contribution is 7.90. The lowest BCUT2D eigenvalue weighted by Crippen LogP contribution is -2.38. The van der Waals surface area contributed by atoms with E-state index in [1.54, 1.807) is 12.1 Å². The Hall–Kier alpha value is -1.61. The summed E-state index contributed by atoms with van der Waals surface area (Å²) < 4.78 is 65.6. The standard InChI is InChI=1S/C13H14F3NO4S/c14-13(15,16)8-22(19,20)17-12(18)7-11-10-4-2-1-3-9(10)5-6-21-11/h1-4,11H,5-8H2,(H,17,18)/t11-/m0/s1. The third-order valence-electron chi connectivity index (χ3n) is 3.09. The van der Waals surface area contributed by atoms with Crippen LogP contribution in [0.25, 0.3) is 0 Å². The summed E-state index contributed by atoms with van der Waals surface area (Å²) in [5.41, 5.74) is 1.72. The number of alkyl halides is 3. The van der Waals surface area contributed by atoms with Crippen LogP contribution < -0.4 is 4.72 Å². The van der Waals surface area contributed by atoms with Crippen LogP contribution in [0.1, 0.15) is 23.7 Å². The van der Waals surface area contributed by atoms with Crippen molar-refractivity contribution in [2.24, 2.45) is 0 Å². The zero-order chi connectivity index (χ0) is 16.4. The van der Waals surface area contributed by atoms with E-state index < -0.39 is 34.0 Å². The number of halogens is 3. The maximum Gasteiger partial charge on any atom is 0.404 e. The lowest BCUT2D eigenvalue weighted by Gasteiger charge is -2.25. The molecule has 1 aliphatic rings. The lowest BCUT2D eigenvalue weighted by atomic mass is 9.96. The van der Waals surface area contributed by atoms with Crippen LogP contribution in [0.15, 0.2) is 24.3 Å². The number of fused-ring (bicyclic) bond motifs is 1. The Labute approximate surface area is 125 Å². The Kier molecular flexibility index (Phi) is 4.76. The van der Waals surface area contributed by atoms with Gasteiger partial charge in [-0.25, -0.2) is 8.42 Å². The number of hydrogen-bond acceptors (Lipinski definition) is 4. The minimum atomic E-state index is -4.90. The van der Waals surface area contributed by atoms with Crippen LogP contribution in [0, 0.1) is 0 Å². The van der Waals surface area contributed by atoms with Crippen molar-refractivity contribution in [2.45, 2.75) is 25.1 Å². The summed E-state index contributed by atoms with van der Waals surface area (Å²) in [5.74, 6) is -3.11. The number of sulfonamides is 1. The first-order chi connectivity index (χ1) is 10.2. The molecule has 122 valence electrons. The SMILES string of the molecule is O=C(C[C@@H]1OCCc2ccccc21)NS(=O)(=O)CC(F)(F)F. The highest BCUT2D eigenvalue weighted by atomic mass is 32.2. The topological polar surface area (TPSA) is 72.5 Å². The maximum atomic E-state index is 12.1. The van der Waals surface area contributed by atoms with Gasteiger partial charge in [0.25, 0.3) is 0 Å². The molecular formula is C13H14F3NO4S. The van der Waals surface area contributed by atoms with Gasteiger partial charge in [0, 0.05) is 0 Å². The molecular weight excluding hydrogens is 323 g/mol. The summed E-state index contributed by atoms with van der Waals surface area (Å²) in [6.45, 7) is 0.365. The summed E-state index contributed by atoms with van der Waals surface area (Å²) in [4.78, 5) is 11.7. The van der Waals surface area contributed by atoms with Gasteiger partial charge < -0.3 is 4.74 Å². The molecule has 0 bridgehead atoms. The number of rotatable bonds is 4. The first kappa shape index (κ1) is 16.8. The van der Waals surface area contributed by atoms with Gasteiger partial charge in [0.2, 0.25) is 15.9 Å². The number of carbonyl (C=O) groups excluding carboxylic acids is 1. The Balaban J connectivity index is 2.02. The molecule has 1 N–H and O–H groups in total. The fourth-order valence-corrected chi connectivity index (χ4v) is 3.21. The van der Waals surface area contributed by atoms with E-state index in [-0.39, 0.29) is 6.42 Å². The van der Waals surface area contributed by atoms with Crippen LogP contribution in [0.2, 0.25) is 0 Å². The number of nitrogens with one attached hydrogen (secondary N) is 1. The van der Waals surface area contributed by atoms with Gasteiger partial charge >= 0.3 is 6.18 Å². The molecule has 0 radical (unpaired) electrons. The third-order valence-corrected chi connectivity index (χ3v) is 4.33. The normalized spacial score (nSPS) is 18.6. The number of carbonyl (C=O) groups is 1. The Morgan fingerprint density at radius 2 is 2.00 bits per heavy atom. The second kappa shape index (κ2) is 6.25. The molecule has 1 aromatic carbocycles. The van der Waals surface area contributed by atoms with Crippen molar-refractivity contribution >= 4 is 15.9 Å². The smallest absolute Gasteiger partial charge is 0.373 e. The monoisotopic (exact) mass is 337 g/mol. The van der Waals surface area contributed by atoms with Crippen molar-refractivity contribution in [3.8, 4) is 0 Å². The van der Waals surface area contributed by atoms with Gasteiger partial charge in [0.1, 0.15) is 0 Å². The molecule has 0 aromatic heterocycles. The molecule has 9 heteroatoms. The quantitative estimate of drug-likeness (QED) is 0.908. The number of hydrogen-bond donors (Lipinski definition) is 1. The van der Waals surface area contributed by atoms with E-state index in [2.05, 4.69) is 0 Å². The zero-order valence-corrected chi connectivity index (χ0v) is 12.2. The Morgan fingerprint density at radius 3 is 2.68 bits per heavy atom. The highest BCUT2D eigenvalue weighted by Crippen LogP contribution is 2.29. The van der Waals surface area contributed by atoms with Gasteiger partial charge in [-0.3, -0.25) is 9.52 Å². The first-order valence-corrected chi connectivity index (χ1v) is 8.11. The summed E-state index contributed by atoms with van der Waals surface area (Å²) in [7, 11) is -4.75. The molecule has 0 saturated heterocycles. The molecule has 0 saturated carbocycles. The van der Waals surface area contributed by atoms with Crippen molar-refractivity contribution in [1.29, 1.82) is 0 Å². The third kappa shape index (κ3) is 4.70. The molecule has 2 rings (SSSR count). The van der Waals surface area contributed by atoms with Crippen molar-refractivity contribution in [2.75, 3.05) is 12.4 Å². The van der Waals surface area contributed by atoms with Crippen molar-refractivity contribution < 1.29 is 31.1 Å². The number of benzene rings is 1. The van der Waals surface area contributed by atoms with Crippen LogP contribution in [0.5, 0.6) is 0 Å². The minimum absolute atomic E-state index is 0.353. The molecule has 1 aliphatic heterocycles. The molecule has 0 aliphatic carbocycles. The fraction of sp³-hybridized carbons (Fsp3) is 0.462. The average molecular weight is 337 g/mol. The van der Waals surface area contributed by atoms with Gasteiger partial charge in [0.05, 0.1) is 19.1 Å². The van der Waals surface area contributed by atoms with Crippen LogP contribution in [-0.4, -0.2) is 32.9 Å². The molecule has 5 nitrogen and oxygen atoms in total. The predicted octanol–water partition coefficient (Wildman–Crippen LogP) is 1.70. The first-order valence-electron chi connectivity index (χ1n) is 6.46. The maximum absolute atomic E-state index is 12.1.